The zero-order valence-electron chi connectivity index (χ0n) is 14.3. The average Bonchev–Trinajstić information content (AvgIpc) is 2.65. The first-order chi connectivity index (χ1) is 13.4. The molecule has 1 aromatic rings. The molecule has 1 unspecified atom stereocenters. The molecule has 1 atom stereocenters. The van der Waals surface area contributed by atoms with Gasteiger partial charge in [-0.2, -0.15) is 43.9 Å². The van der Waals surface area contributed by atoms with Crippen LogP contribution >= 0.6 is 0 Å². The van der Waals surface area contributed by atoms with E-state index >= 15 is 0 Å². The van der Waals surface area contributed by atoms with E-state index in [1.54, 1.807) is 0 Å². The largest absolute Gasteiger partial charge is 0.459 e. The molecular weight excluding hydrogens is 449 g/mol. The highest BCUT2D eigenvalue weighted by Gasteiger charge is 3.00. The summed E-state index contributed by atoms with van der Waals surface area (Å²) in [5.74, 6) is -38.3. The number of benzene rings is 1. The molecule has 0 radical (unpaired) electrons. The minimum Gasteiger partial charge on any atom is -0.459 e. The highest BCUT2D eigenvalue weighted by atomic mass is 19.4. The maximum atomic E-state index is 14.5. The molecule has 170 valence electrons. The molecule has 1 saturated carbocycles. The maximum absolute atomic E-state index is 14.5. The van der Waals surface area contributed by atoms with Gasteiger partial charge in [0.05, 0.1) is 0 Å². The van der Waals surface area contributed by atoms with Gasteiger partial charge >= 0.3 is 35.6 Å². The Morgan fingerprint density at radius 1 is 0.767 bits per heavy atom. The van der Waals surface area contributed by atoms with Gasteiger partial charge in [0.25, 0.3) is 5.67 Å². The molecule has 1 N–H and O–H groups in total. The SMILES string of the molecule is O=C(OCc1ccccc1)C(O)CC1(F)C(F)(F)C(F)(F)C(F)(F)C(F)(F)C1(F)F. The van der Waals surface area contributed by atoms with Crippen LogP contribution < -0.4 is 0 Å². The number of alkyl halides is 11. The Morgan fingerprint density at radius 2 is 1.17 bits per heavy atom. The first-order valence-corrected chi connectivity index (χ1v) is 7.85. The van der Waals surface area contributed by atoms with E-state index in [0.717, 1.165) is 0 Å². The molecule has 1 aromatic carbocycles. The van der Waals surface area contributed by atoms with Gasteiger partial charge < -0.3 is 9.84 Å². The molecule has 14 heteroatoms. The number of halogens is 11. The van der Waals surface area contributed by atoms with E-state index in [9.17, 15) is 58.2 Å². The van der Waals surface area contributed by atoms with Crippen LogP contribution in [-0.2, 0) is 16.1 Å². The fraction of sp³-hybridized carbons (Fsp3) is 0.562. The molecule has 0 heterocycles. The van der Waals surface area contributed by atoms with Crippen molar-refractivity contribution in [2.45, 2.75) is 54.4 Å². The number of carbonyl (C=O) groups is 1. The third kappa shape index (κ3) is 2.94. The van der Waals surface area contributed by atoms with E-state index in [4.69, 9.17) is 0 Å². The van der Waals surface area contributed by atoms with Crippen LogP contribution in [0.1, 0.15) is 12.0 Å². The Bertz CT molecular complexity index is 765. The highest BCUT2D eigenvalue weighted by molar-refractivity contribution is 5.74. The lowest BCUT2D eigenvalue weighted by atomic mass is 9.70. The van der Waals surface area contributed by atoms with Gasteiger partial charge in [0, 0.05) is 6.42 Å². The Morgan fingerprint density at radius 3 is 1.60 bits per heavy atom. The van der Waals surface area contributed by atoms with E-state index in [1.165, 1.54) is 30.3 Å². The van der Waals surface area contributed by atoms with E-state index in [2.05, 4.69) is 4.74 Å². The van der Waals surface area contributed by atoms with Crippen molar-refractivity contribution in [2.75, 3.05) is 0 Å². The van der Waals surface area contributed by atoms with E-state index in [1.807, 2.05) is 0 Å². The van der Waals surface area contributed by atoms with Crippen LogP contribution in [0.4, 0.5) is 48.3 Å². The number of aliphatic hydroxyl groups is 1. The topological polar surface area (TPSA) is 46.5 Å². The molecule has 30 heavy (non-hydrogen) atoms. The zero-order valence-corrected chi connectivity index (χ0v) is 14.3. The van der Waals surface area contributed by atoms with Gasteiger partial charge in [0.1, 0.15) is 6.61 Å². The molecule has 0 aliphatic heterocycles. The molecule has 0 amide bonds. The predicted octanol–water partition coefficient (Wildman–Crippen LogP) is 4.38. The lowest BCUT2D eigenvalue weighted by molar-refractivity contribution is -0.486. The summed E-state index contributed by atoms with van der Waals surface area (Å²) < 4.78 is 153. The van der Waals surface area contributed by atoms with Crippen LogP contribution in [0.25, 0.3) is 0 Å². The van der Waals surface area contributed by atoms with Gasteiger partial charge in [-0.15, -0.1) is 0 Å². The van der Waals surface area contributed by atoms with Crippen LogP contribution in [0.15, 0.2) is 30.3 Å². The van der Waals surface area contributed by atoms with Crippen LogP contribution in [0.2, 0.25) is 0 Å². The van der Waals surface area contributed by atoms with E-state index in [0.29, 0.717) is 0 Å². The van der Waals surface area contributed by atoms with E-state index < -0.39 is 60.4 Å². The molecule has 2 rings (SSSR count). The summed E-state index contributed by atoms with van der Waals surface area (Å²) in [6.07, 6.45) is -6.48. The fourth-order valence-electron chi connectivity index (χ4n) is 2.72. The number of hydrogen-bond donors (Lipinski definition) is 1. The van der Waals surface area contributed by atoms with Crippen molar-refractivity contribution in [1.29, 1.82) is 0 Å². The molecular formula is C16H11F11O3. The Hall–Kier alpha value is -2.12. The number of esters is 1. The van der Waals surface area contributed by atoms with Gasteiger partial charge in [0.2, 0.25) is 0 Å². The molecule has 0 spiro atoms. The Kier molecular flexibility index (Phi) is 5.60. The normalized spacial score (nSPS) is 25.9. The quantitative estimate of drug-likeness (QED) is 0.524. The average molecular weight is 460 g/mol. The summed E-state index contributed by atoms with van der Waals surface area (Å²) in [6, 6.07) is 7.00. The van der Waals surface area contributed by atoms with Crippen molar-refractivity contribution in [3.8, 4) is 0 Å². The number of ether oxygens (including phenoxy) is 1. The number of aliphatic hydroxyl groups excluding tert-OH is 1. The third-order valence-corrected chi connectivity index (χ3v) is 4.54. The van der Waals surface area contributed by atoms with Gasteiger partial charge in [0.15, 0.2) is 6.10 Å². The molecule has 0 saturated heterocycles. The predicted molar refractivity (Wildman–Crippen MR) is 75.4 cm³/mol. The van der Waals surface area contributed by atoms with E-state index in [-0.39, 0.29) is 5.56 Å². The maximum Gasteiger partial charge on any atom is 0.384 e. The zero-order chi connectivity index (χ0) is 23.4. The van der Waals surface area contributed by atoms with Crippen LogP contribution in [0, 0.1) is 0 Å². The lowest BCUT2D eigenvalue weighted by Gasteiger charge is -2.52. The molecule has 1 aliphatic carbocycles. The summed E-state index contributed by atoms with van der Waals surface area (Å²) in [7, 11) is 0. The minimum absolute atomic E-state index is 0.194. The summed E-state index contributed by atoms with van der Waals surface area (Å²) in [6.45, 7) is -0.729. The van der Waals surface area contributed by atoms with Crippen LogP contribution in [0.5, 0.6) is 0 Å². The van der Waals surface area contributed by atoms with Crippen LogP contribution in [0.3, 0.4) is 0 Å². The minimum atomic E-state index is -7.36. The van der Waals surface area contributed by atoms with Crippen molar-refractivity contribution < 1.29 is 62.9 Å². The van der Waals surface area contributed by atoms with Crippen molar-refractivity contribution in [2.24, 2.45) is 0 Å². The number of hydrogen-bond acceptors (Lipinski definition) is 3. The molecule has 3 nitrogen and oxygen atoms in total. The number of rotatable bonds is 5. The van der Waals surface area contributed by atoms with Gasteiger partial charge in [-0.05, 0) is 5.56 Å². The smallest absolute Gasteiger partial charge is 0.384 e. The fourth-order valence-corrected chi connectivity index (χ4v) is 2.72. The standard InChI is InChI=1S/C16H11F11O3/c17-11(6-9(28)10(29)30-7-8-4-2-1-3-5-8)12(18,19)14(22,23)16(26,27)15(24,25)13(11,20)21/h1-5,9,28H,6-7H2. The van der Waals surface area contributed by atoms with Gasteiger partial charge in [-0.3, -0.25) is 0 Å². The summed E-state index contributed by atoms with van der Waals surface area (Å²) in [5, 5.41) is 9.39. The highest BCUT2D eigenvalue weighted by Crippen LogP contribution is 2.70. The second kappa shape index (κ2) is 6.95. The summed E-state index contributed by atoms with van der Waals surface area (Å²) in [4.78, 5) is 11.6. The van der Waals surface area contributed by atoms with Crippen LogP contribution in [-0.4, -0.2) is 52.5 Å². The lowest BCUT2D eigenvalue weighted by Crippen LogP contribution is -2.84. The summed E-state index contributed by atoms with van der Waals surface area (Å²) >= 11 is 0. The molecule has 1 fully saturated rings. The Balaban J connectivity index is 2.36. The first-order valence-electron chi connectivity index (χ1n) is 7.85. The second-order valence-corrected chi connectivity index (χ2v) is 6.49. The number of carbonyl (C=O) groups excluding carboxylic acids is 1. The van der Waals surface area contributed by atoms with Crippen molar-refractivity contribution in [3.63, 3.8) is 0 Å². The molecule has 0 aromatic heterocycles. The third-order valence-electron chi connectivity index (χ3n) is 4.54. The molecule has 0 bridgehead atoms. The second-order valence-electron chi connectivity index (χ2n) is 6.49. The van der Waals surface area contributed by atoms with Gasteiger partial charge in [-0.1, -0.05) is 30.3 Å². The monoisotopic (exact) mass is 460 g/mol. The first kappa shape index (κ1) is 24.2. The van der Waals surface area contributed by atoms with Crippen molar-refractivity contribution in [3.05, 3.63) is 35.9 Å². The van der Waals surface area contributed by atoms with Gasteiger partial charge in [-0.25, -0.2) is 9.18 Å². The summed E-state index contributed by atoms with van der Waals surface area (Å²) in [5.41, 5.74) is -6.25. The van der Waals surface area contributed by atoms with Crippen molar-refractivity contribution in [1.82, 2.24) is 0 Å². The molecule has 1 aliphatic rings. The Labute approximate surface area is 160 Å². The van der Waals surface area contributed by atoms with Crippen molar-refractivity contribution >= 4 is 5.97 Å².